The van der Waals surface area contributed by atoms with Gasteiger partial charge in [0.15, 0.2) is 5.82 Å². The Bertz CT molecular complexity index is 244. The fourth-order valence-corrected chi connectivity index (χ4v) is 0.905. The summed E-state index contributed by atoms with van der Waals surface area (Å²) in [6.07, 6.45) is 2.34. The monoisotopic (exact) mass is 155 g/mol. The molecule has 1 heterocycles. The van der Waals surface area contributed by atoms with Crippen molar-refractivity contribution in [1.29, 1.82) is 0 Å². The summed E-state index contributed by atoms with van der Waals surface area (Å²) in [5, 5.41) is 3.78. The van der Waals surface area contributed by atoms with E-state index in [2.05, 4.69) is 15.0 Å². The lowest BCUT2D eigenvalue weighted by molar-refractivity contribution is 0.0995. The van der Waals surface area contributed by atoms with Crippen LogP contribution in [0.15, 0.2) is 4.52 Å². The van der Waals surface area contributed by atoms with E-state index in [1.165, 1.54) is 12.8 Å². The Hall–Kier alpha value is -0.940. The topological polar surface area (TPSA) is 74.2 Å². The lowest BCUT2D eigenvalue weighted by Gasteiger charge is -1.85. The Balaban J connectivity index is 2.06. The van der Waals surface area contributed by atoms with Crippen LogP contribution in [0, 0.1) is 0 Å². The predicted molar refractivity (Wildman–Crippen MR) is 35.2 cm³/mol. The number of hydrogen-bond donors (Lipinski definition) is 1. The molecule has 1 aliphatic rings. The molecule has 1 aromatic heterocycles. The second-order valence-electron chi connectivity index (χ2n) is 2.63. The molecule has 1 aromatic rings. The van der Waals surface area contributed by atoms with Crippen molar-refractivity contribution in [3.8, 4) is 0 Å². The van der Waals surface area contributed by atoms with Gasteiger partial charge in [-0.15, -0.1) is 0 Å². The highest BCUT2D eigenvalue weighted by molar-refractivity contribution is 5.02. The van der Waals surface area contributed by atoms with Crippen molar-refractivity contribution in [2.75, 3.05) is 0 Å². The van der Waals surface area contributed by atoms with E-state index in [-0.39, 0.29) is 6.61 Å². The van der Waals surface area contributed by atoms with Crippen LogP contribution in [0.5, 0.6) is 0 Å². The summed E-state index contributed by atoms with van der Waals surface area (Å²) in [6, 6.07) is 0. The quantitative estimate of drug-likeness (QED) is 0.637. The van der Waals surface area contributed by atoms with Crippen molar-refractivity contribution in [2.24, 2.45) is 5.90 Å². The summed E-state index contributed by atoms with van der Waals surface area (Å²) in [4.78, 5) is 8.42. The minimum Gasteiger partial charge on any atom is -0.337 e. The molecule has 0 amide bonds. The maximum atomic E-state index is 4.84. The lowest BCUT2D eigenvalue weighted by atomic mass is 10.4. The molecule has 2 rings (SSSR count). The van der Waals surface area contributed by atoms with E-state index in [0.29, 0.717) is 11.8 Å². The highest BCUT2D eigenvalue weighted by Gasteiger charge is 2.28. The molecule has 1 saturated carbocycles. The Labute approximate surface area is 63.5 Å². The number of aromatic nitrogens is 2. The number of rotatable bonds is 3. The van der Waals surface area contributed by atoms with Crippen LogP contribution in [0.2, 0.25) is 0 Å². The molecule has 0 unspecified atom stereocenters. The molecular weight excluding hydrogens is 146 g/mol. The van der Waals surface area contributed by atoms with Gasteiger partial charge in [0.2, 0.25) is 0 Å². The van der Waals surface area contributed by atoms with Gasteiger partial charge in [0.05, 0.1) is 0 Å². The molecule has 5 nitrogen and oxygen atoms in total. The van der Waals surface area contributed by atoms with Gasteiger partial charge < -0.3 is 4.52 Å². The van der Waals surface area contributed by atoms with Gasteiger partial charge in [-0.2, -0.15) is 4.98 Å². The maximum Gasteiger partial charge on any atom is 0.254 e. The van der Waals surface area contributed by atoms with Crippen LogP contribution >= 0.6 is 0 Å². The average molecular weight is 155 g/mol. The van der Waals surface area contributed by atoms with Crippen LogP contribution in [-0.4, -0.2) is 10.1 Å². The molecule has 0 saturated heterocycles. The van der Waals surface area contributed by atoms with Gasteiger partial charge in [-0.1, -0.05) is 5.16 Å². The Kier molecular flexibility index (Phi) is 1.59. The first-order valence-electron chi connectivity index (χ1n) is 3.54. The van der Waals surface area contributed by atoms with Gasteiger partial charge >= 0.3 is 0 Å². The molecule has 0 aliphatic heterocycles. The molecule has 0 aromatic carbocycles. The smallest absolute Gasteiger partial charge is 0.254 e. The lowest BCUT2D eigenvalue weighted by Crippen LogP contribution is -1.98. The Morgan fingerprint density at radius 1 is 1.64 bits per heavy atom. The van der Waals surface area contributed by atoms with E-state index in [0.717, 1.165) is 5.82 Å². The van der Waals surface area contributed by atoms with Crippen LogP contribution in [0.1, 0.15) is 30.5 Å². The maximum absolute atomic E-state index is 4.84. The van der Waals surface area contributed by atoms with Crippen molar-refractivity contribution >= 4 is 0 Å². The van der Waals surface area contributed by atoms with E-state index >= 15 is 0 Å². The molecule has 1 aliphatic carbocycles. The minimum atomic E-state index is 0.194. The van der Waals surface area contributed by atoms with Crippen LogP contribution < -0.4 is 5.90 Å². The standard InChI is InChI=1S/C6H9N3O2/c7-10-3-5-8-6(9-11-5)4-1-2-4/h4H,1-3,7H2. The molecule has 11 heavy (non-hydrogen) atoms. The average Bonchev–Trinajstić information content (AvgIpc) is 2.75. The molecular formula is C6H9N3O2. The first-order chi connectivity index (χ1) is 5.40. The van der Waals surface area contributed by atoms with Gasteiger partial charge in [-0.25, -0.2) is 5.90 Å². The third-order valence-electron chi connectivity index (χ3n) is 1.63. The number of nitrogens with two attached hydrogens (primary N) is 1. The van der Waals surface area contributed by atoms with Crippen LogP contribution in [-0.2, 0) is 11.4 Å². The van der Waals surface area contributed by atoms with E-state index in [1.54, 1.807) is 0 Å². The fourth-order valence-electron chi connectivity index (χ4n) is 0.905. The SMILES string of the molecule is NOCc1nc(C2CC2)no1. The van der Waals surface area contributed by atoms with Gasteiger partial charge in [-0.3, -0.25) is 4.84 Å². The van der Waals surface area contributed by atoms with Gasteiger partial charge in [0, 0.05) is 5.92 Å². The first kappa shape index (κ1) is 6.75. The normalized spacial score (nSPS) is 17.2. The van der Waals surface area contributed by atoms with Crippen molar-refractivity contribution in [3.05, 3.63) is 11.7 Å². The summed E-state index contributed by atoms with van der Waals surface area (Å²) in [6.45, 7) is 0.194. The molecule has 0 atom stereocenters. The zero-order valence-corrected chi connectivity index (χ0v) is 5.99. The summed E-state index contributed by atoms with van der Waals surface area (Å²) in [5.41, 5.74) is 0. The molecule has 60 valence electrons. The molecule has 1 fully saturated rings. The van der Waals surface area contributed by atoms with Gasteiger partial charge in [0.1, 0.15) is 6.61 Å². The van der Waals surface area contributed by atoms with Crippen LogP contribution in [0.3, 0.4) is 0 Å². The summed E-state index contributed by atoms with van der Waals surface area (Å²) >= 11 is 0. The molecule has 2 N–H and O–H groups in total. The van der Waals surface area contributed by atoms with Crippen LogP contribution in [0.4, 0.5) is 0 Å². The van der Waals surface area contributed by atoms with Crippen molar-refractivity contribution < 1.29 is 9.36 Å². The highest BCUT2D eigenvalue weighted by Crippen LogP contribution is 2.37. The minimum absolute atomic E-state index is 0.194. The van der Waals surface area contributed by atoms with E-state index < -0.39 is 0 Å². The highest BCUT2D eigenvalue weighted by atomic mass is 16.6. The van der Waals surface area contributed by atoms with Gasteiger partial charge in [-0.05, 0) is 12.8 Å². The molecule has 0 radical (unpaired) electrons. The summed E-state index contributed by atoms with van der Waals surface area (Å²) in [7, 11) is 0. The molecule has 5 heteroatoms. The van der Waals surface area contributed by atoms with Crippen molar-refractivity contribution in [1.82, 2.24) is 10.1 Å². The zero-order valence-electron chi connectivity index (χ0n) is 5.99. The van der Waals surface area contributed by atoms with Crippen LogP contribution in [0.25, 0.3) is 0 Å². The second kappa shape index (κ2) is 2.60. The first-order valence-corrected chi connectivity index (χ1v) is 3.54. The Morgan fingerprint density at radius 3 is 3.09 bits per heavy atom. The third-order valence-corrected chi connectivity index (χ3v) is 1.63. The van der Waals surface area contributed by atoms with E-state index in [4.69, 9.17) is 10.4 Å². The third kappa shape index (κ3) is 1.38. The summed E-state index contributed by atoms with van der Waals surface area (Å²) in [5.74, 6) is 6.59. The molecule has 0 bridgehead atoms. The Morgan fingerprint density at radius 2 is 2.45 bits per heavy atom. The predicted octanol–water partition coefficient (Wildman–Crippen LogP) is 0.337. The van der Waals surface area contributed by atoms with Gasteiger partial charge in [0.25, 0.3) is 5.89 Å². The zero-order chi connectivity index (χ0) is 7.68. The number of hydrogen-bond acceptors (Lipinski definition) is 5. The van der Waals surface area contributed by atoms with E-state index in [1.807, 2.05) is 0 Å². The second-order valence-corrected chi connectivity index (χ2v) is 2.63. The van der Waals surface area contributed by atoms with Crippen molar-refractivity contribution in [3.63, 3.8) is 0 Å². The fraction of sp³-hybridized carbons (Fsp3) is 0.667. The molecule has 0 spiro atoms. The van der Waals surface area contributed by atoms with Crippen molar-refractivity contribution in [2.45, 2.75) is 25.4 Å². The largest absolute Gasteiger partial charge is 0.337 e. The van der Waals surface area contributed by atoms with E-state index in [9.17, 15) is 0 Å². The summed E-state index contributed by atoms with van der Waals surface area (Å²) < 4.78 is 4.84. The number of nitrogens with zero attached hydrogens (tertiary/aromatic N) is 2.